The molecule has 2 rings (SSSR count). The Morgan fingerprint density at radius 1 is 1.43 bits per heavy atom. The summed E-state index contributed by atoms with van der Waals surface area (Å²) in [4.78, 5) is 27.0. The van der Waals surface area contributed by atoms with Gasteiger partial charge in [0.15, 0.2) is 0 Å². The summed E-state index contributed by atoms with van der Waals surface area (Å²) in [6.07, 6.45) is 0. The van der Waals surface area contributed by atoms with Gasteiger partial charge >= 0.3 is 0 Å². The molecule has 0 aromatic carbocycles. The number of amides is 2. The molecule has 6 nitrogen and oxygen atoms in total. The van der Waals surface area contributed by atoms with Crippen LogP contribution in [0.25, 0.3) is 11.4 Å². The van der Waals surface area contributed by atoms with Crippen LogP contribution in [0.5, 0.6) is 0 Å². The lowest BCUT2D eigenvalue weighted by atomic mass is 10.2. The number of carbonyl (C=O) groups is 2. The Bertz CT molecular complexity index is 687. The maximum atomic E-state index is 11.5. The minimum absolute atomic E-state index is 0.0824. The number of hydrogen-bond donors (Lipinski definition) is 2. The van der Waals surface area contributed by atoms with Crippen LogP contribution in [0, 0.1) is 13.8 Å². The summed E-state index contributed by atoms with van der Waals surface area (Å²) in [6.45, 7) is 6.29. The lowest BCUT2D eigenvalue weighted by Gasteiger charge is -2.11. The molecule has 0 aliphatic rings. The molecule has 21 heavy (non-hydrogen) atoms. The highest BCUT2D eigenvalue weighted by atomic mass is 32.1. The Morgan fingerprint density at radius 3 is 2.67 bits per heavy atom. The van der Waals surface area contributed by atoms with Crippen molar-refractivity contribution in [1.29, 1.82) is 0 Å². The van der Waals surface area contributed by atoms with Crippen LogP contribution in [0.2, 0.25) is 0 Å². The van der Waals surface area contributed by atoms with Crippen LogP contribution in [0.1, 0.15) is 28.0 Å². The van der Waals surface area contributed by atoms with Gasteiger partial charge in [0.05, 0.1) is 22.0 Å². The van der Waals surface area contributed by atoms with Crippen molar-refractivity contribution in [2.24, 2.45) is 5.73 Å². The van der Waals surface area contributed by atoms with E-state index in [-0.39, 0.29) is 5.91 Å². The summed E-state index contributed by atoms with van der Waals surface area (Å²) >= 11 is 1.55. The largest absolute Gasteiger partial charge is 0.366 e. The third-order valence-corrected chi connectivity index (χ3v) is 4.00. The van der Waals surface area contributed by atoms with E-state index in [1.807, 2.05) is 23.8 Å². The maximum absolute atomic E-state index is 11.5. The van der Waals surface area contributed by atoms with Gasteiger partial charge in [0.25, 0.3) is 5.91 Å². The highest BCUT2D eigenvalue weighted by molar-refractivity contribution is 7.09. The van der Waals surface area contributed by atoms with E-state index in [4.69, 9.17) is 5.73 Å². The van der Waals surface area contributed by atoms with Gasteiger partial charge in [0.1, 0.15) is 0 Å². The second kappa shape index (κ2) is 6.09. The van der Waals surface area contributed by atoms with Gasteiger partial charge in [-0.15, -0.1) is 11.3 Å². The van der Waals surface area contributed by atoms with E-state index in [1.165, 1.54) is 6.92 Å². The summed E-state index contributed by atoms with van der Waals surface area (Å²) in [7, 11) is 0. The first kappa shape index (κ1) is 15.2. The lowest BCUT2D eigenvalue weighted by molar-refractivity contribution is -0.118. The summed E-state index contributed by atoms with van der Waals surface area (Å²) in [5.74, 6) is -0.542. The number of carbonyl (C=O) groups excluding carboxylic acids is 2. The smallest absolute Gasteiger partial charge is 0.250 e. The van der Waals surface area contributed by atoms with Crippen LogP contribution in [-0.2, 0) is 11.3 Å². The molecule has 2 aromatic rings. The molecule has 0 saturated heterocycles. The molecule has 2 aromatic heterocycles. The van der Waals surface area contributed by atoms with Crippen LogP contribution < -0.4 is 11.1 Å². The molecule has 0 saturated carbocycles. The van der Waals surface area contributed by atoms with Gasteiger partial charge in [0.2, 0.25) is 5.91 Å². The molecule has 0 bridgehead atoms. The SMILES string of the molecule is CC(=O)NCCn1c(-c2csc(C)n2)cc(C(N)=O)c1C. The molecule has 112 valence electrons. The van der Waals surface area contributed by atoms with E-state index < -0.39 is 5.91 Å². The Hall–Kier alpha value is -2.15. The zero-order valence-corrected chi connectivity index (χ0v) is 13.1. The molecular weight excluding hydrogens is 288 g/mol. The van der Waals surface area contributed by atoms with Crippen LogP contribution in [0.4, 0.5) is 0 Å². The molecule has 3 N–H and O–H groups in total. The molecule has 0 spiro atoms. The fourth-order valence-corrected chi connectivity index (χ4v) is 2.83. The number of hydrogen-bond acceptors (Lipinski definition) is 4. The predicted molar refractivity (Wildman–Crippen MR) is 82.2 cm³/mol. The first-order valence-corrected chi connectivity index (χ1v) is 7.45. The number of aromatic nitrogens is 2. The Kier molecular flexibility index (Phi) is 4.42. The van der Waals surface area contributed by atoms with Crippen molar-refractivity contribution in [1.82, 2.24) is 14.9 Å². The maximum Gasteiger partial charge on any atom is 0.250 e. The molecule has 2 amide bonds. The lowest BCUT2D eigenvalue weighted by Crippen LogP contribution is -2.25. The van der Waals surface area contributed by atoms with Gasteiger partial charge in [0, 0.05) is 31.1 Å². The van der Waals surface area contributed by atoms with Gasteiger partial charge < -0.3 is 15.6 Å². The van der Waals surface area contributed by atoms with E-state index in [0.29, 0.717) is 18.7 Å². The van der Waals surface area contributed by atoms with E-state index in [0.717, 1.165) is 22.1 Å². The Labute approximate surface area is 127 Å². The average Bonchev–Trinajstić information content (AvgIpc) is 2.94. The molecule has 0 aliphatic heterocycles. The number of thiazole rings is 1. The monoisotopic (exact) mass is 306 g/mol. The van der Waals surface area contributed by atoms with Crippen LogP contribution in [-0.4, -0.2) is 27.9 Å². The van der Waals surface area contributed by atoms with E-state index in [2.05, 4.69) is 10.3 Å². The standard InChI is InChI=1S/C14H18N4O2S/c1-8-11(14(15)20)6-13(12-7-21-10(3)17-12)18(8)5-4-16-9(2)19/h6-7H,4-5H2,1-3H3,(H2,15,20)(H,16,19). The minimum Gasteiger partial charge on any atom is -0.366 e. The molecule has 2 heterocycles. The number of aryl methyl sites for hydroxylation is 1. The minimum atomic E-state index is -0.459. The van der Waals surface area contributed by atoms with E-state index in [9.17, 15) is 9.59 Å². The molecule has 0 unspecified atom stereocenters. The van der Waals surface area contributed by atoms with Gasteiger partial charge in [-0.05, 0) is 19.9 Å². The number of nitrogens with zero attached hydrogens (tertiary/aromatic N) is 2. The normalized spacial score (nSPS) is 10.6. The van der Waals surface area contributed by atoms with Crippen molar-refractivity contribution in [3.8, 4) is 11.4 Å². The Morgan fingerprint density at radius 2 is 2.14 bits per heavy atom. The molecule has 0 atom stereocenters. The van der Waals surface area contributed by atoms with Crippen molar-refractivity contribution in [2.75, 3.05) is 6.54 Å². The number of primary amides is 1. The molecular formula is C14H18N4O2S. The Balaban J connectivity index is 2.39. The van der Waals surface area contributed by atoms with Gasteiger partial charge in [-0.3, -0.25) is 9.59 Å². The van der Waals surface area contributed by atoms with E-state index >= 15 is 0 Å². The summed E-state index contributed by atoms with van der Waals surface area (Å²) < 4.78 is 1.96. The molecule has 7 heteroatoms. The third kappa shape index (κ3) is 3.30. The first-order valence-electron chi connectivity index (χ1n) is 6.57. The topological polar surface area (TPSA) is 90.0 Å². The fraction of sp³-hybridized carbons (Fsp3) is 0.357. The number of nitrogens with two attached hydrogens (primary N) is 1. The first-order chi connectivity index (χ1) is 9.90. The molecule has 0 aliphatic carbocycles. The second-order valence-electron chi connectivity index (χ2n) is 4.78. The van der Waals surface area contributed by atoms with Crippen LogP contribution in [0.15, 0.2) is 11.4 Å². The van der Waals surface area contributed by atoms with E-state index in [1.54, 1.807) is 17.4 Å². The van der Waals surface area contributed by atoms with Crippen molar-refractivity contribution >= 4 is 23.2 Å². The summed E-state index contributed by atoms with van der Waals surface area (Å²) in [6, 6.07) is 1.76. The number of rotatable bonds is 5. The zero-order valence-electron chi connectivity index (χ0n) is 12.3. The molecule has 0 fully saturated rings. The van der Waals surface area contributed by atoms with Crippen LogP contribution in [0.3, 0.4) is 0 Å². The fourth-order valence-electron chi connectivity index (χ4n) is 2.22. The average molecular weight is 306 g/mol. The van der Waals surface area contributed by atoms with Gasteiger partial charge in [-0.2, -0.15) is 0 Å². The van der Waals surface area contributed by atoms with Crippen molar-refractivity contribution in [3.63, 3.8) is 0 Å². The van der Waals surface area contributed by atoms with Crippen molar-refractivity contribution < 1.29 is 9.59 Å². The zero-order chi connectivity index (χ0) is 15.6. The highest BCUT2D eigenvalue weighted by Gasteiger charge is 2.18. The molecule has 0 radical (unpaired) electrons. The third-order valence-electron chi connectivity index (χ3n) is 3.22. The predicted octanol–water partition coefficient (Wildman–Crippen LogP) is 1.46. The quantitative estimate of drug-likeness (QED) is 0.876. The summed E-state index contributed by atoms with van der Waals surface area (Å²) in [5.41, 5.74) is 8.35. The highest BCUT2D eigenvalue weighted by Crippen LogP contribution is 2.26. The van der Waals surface area contributed by atoms with Gasteiger partial charge in [-0.25, -0.2) is 4.98 Å². The van der Waals surface area contributed by atoms with Gasteiger partial charge in [-0.1, -0.05) is 0 Å². The van der Waals surface area contributed by atoms with Crippen molar-refractivity contribution in [2.45, 2.75) is 27.3 Å². The second-order valence-corrected chi connectivity index (χ2v) is 5.84. The van der Waals surface area contributed by atoms with Crippen molar-refractivity contribution in [3.05, 3.63) is 27.7 Å². The summed E-state index contributed by atoms with van der Waals surface area (Å²) in [5, 5.41) is 5.65. The van der Waals surface area contributed by atoms with Crippen LogP contribution >= 0.6 is 11.3 Å². The number of nitrogens with one attached hydrogen (secondary N) is 1.